The van der Waals surface area contributed by atoms with Crippen LogP contribution in [0.4, 0.5) is 0 Å². The predicted molar refractivity (Wildman–Crippen MR) is 87.8 cm³/mol. The highest BCUT2D eigenvalue weighted by Gasteiger charge is 2.39. The lowest BCUT2D eigenvalue weighted by atomic mass is 10.1. The molecule has 1 aliphatic heterocycles. The fourth-order valence-corrected chi connectivity index (χ4v) is 3.79. The molecule has 0 N–H and O–H groups in total. The van der Waals surface area contributed by atoms with E-state index in [4.69, 9.17) is 4.74 Å². The summed E-state index contributed by atoms with van der Waals surface area (Å²) in [5.74, 6) is 0.870. The van der Waals surface area contributed by atoms with Gasteiger partial charge in [-0.1, -0.05) is 18.2 Å². The van der Waals surface area contributed by atoms with Crippen LogP contribution in [0.3, 0.4) is 0 Å². The molecule has 22 heavy (non-hydrogen) atoms. The van der Waals surface area contributed by atoms with Crippen molar-refractivity contribution in [3.05, 3.63) is 29.8 Å². The van der Waals surface area contributed by atoms with Gasteiger partial charge in [0.1, 0.15) is 11.1 Å². The zero-order valence-electron chi connectivity index (χ0n) is 13.4. The molecule has 6 heteroatoms. The van der Waals surface area contributed by atoms with Gasteiger partial charge in [-0.05, 0) is 13.0 Å². The van der Waals surface area contributed by atoms with Gasteiger partial charge in [-0.25, -0.2) is 0 Å². The molecular weight excluding hydrogens is 300 g/mol. The van der Waals surface area contributed by atoms with Crippen molar-refractivity contribution < 1.29 is 14.3 Å². The summed E-state index contributed by atoms with van der Waals surface area (Å²) in [6.07, 6.45) is 0.331. The number of methoxy groups -OCH3 is 1. The van der Waals surface area contributed by atoms with Crippen molar-refractivity contribution in [1.82, 2.24) is 9.80 Å². The van der Waals surface area contributed by atoms with Crippen LogP contribution in [-0.2, 0) is 9.59 Å². The minimum absolute atomic E-state index is 0.0242. The molecule has 0 aliphatic carbocycles. The van der Waals surface area contributed by atoms with E-state index in [0.29, 0.717) is 13.0 Å². The first kappa shape index (κ1) is 16.7. The van der Waals surface area contributed by atoms with Crippen molar-refractivity contribution in [2.45, 2.75) is 24.0 Å². The maximum absolute atomic E-state index is 12.4. The Morgan fingerprint density at radius 3 is 2.68 bits per heavy atom. The number of carbonyl (C=O) groups excluding carboxylic acids is 2. The molecule has 1 fully saturated rings. The SMILES string of the molecule is COc1ccccc1[C@@H]1S[C@@H](C)C(=O)N1CCC(=O)N(C)C. The molecule has 0 spiro atoms. The monoisotopic (exact) mass is 322 g/mol. The lowest BCUT2D eigenvalue weighted by Crippen LogP contribution is -2.34. The second-order valence-corrected chi connectivity index (χ2v) is 6.87. The number of carbonyl (C=O) groups is 2. The Morgan fingerprint density at radius 2 is 2.05 bits per heavy atom. The molecule has 1 aromatic carbocycles. The van der Waals surface area contributed by atoms with Gasteiger partial charge < -0.3 is 14.5 Å². The van der Waals surface area contributed by atoms with E-state index in [9.17, 15) is 9.59 Å². The van der Waals surface area contributed by atoms with Crippen LogP contribution >= 0.6 is 11.8 Å². The van der Waals surface area contributed by atoms with E-state index in [1.54, 1.807) is 42.8 Å². The molecule has 0 radical (unpaired) electrons. The first-order valence-corrected chi connectivity index (χ1v) is 8.19. The normalized spacial score (nSPS) is 21.1. The number of rotatable bonds is 5. The summed E-state index contributed by atoms with van der Waals surface area (Å²) in [6.45, 7) is 2.33. The minimum atomic E-state index is -0.107. The van der Waals surface area contributed by atoms with Crippen LogP contribution in [0.25, 0.3) is 0 Å². The molecule has 0 aromatic heterocycles. The van der Waals surface area contributed by atoms with Crippen LogP contribution in [0.1, 0.15) is 24.3 Å². The van der Waals surface area contributed by atoms with Gasteiger partial charge in [-0.15, -0.1) is 11.8 Å². The van der Waals surface area contributed by atoms with E-state index in [2.05, 4.69) is 0 Å². The third kappa shape index (κ3) is 3.38. The number of amides is 2. The van der Waals surface area contributed by atoms with Gasteiger partial charge in [0.15, 0.2) is 0 Å². The summed E-state index contributed by atoms with van der Waals surface area (Å²) in [6, 6.07) is 7.72. The first-order chi connectivity index (χ1) is 10.5. The standard InChI is InChI=1S/C16H22N2O3S/c1-11-15(20)18(10-9-14(19)17(2)3)16(22-11)12-7-5-6-8-13(12)21-4/h5-8,11,16H,9-10H2,1-4H3/t11-,16-/m0/s1. The van der Waals surface area contributed by atoms with Crippen LogP contribution in [0.5, 0.6) is 5.75 Å². The number of nitrogens with zero attached hydrogens (tertiary/aromatic N) is 2. The molecule has 2 rings (SSSR count). The summed E-state index contributed by atoms with van der Waals surface area (Å²) in [7, 11) is 5.08. The number of thioether (sulfide) groups is 1. The summed E-state index contributed by atoms with van der Waals surface area (Å²) < 4.78 is 5.41. The Balaban J connectivity index is 2.21. The van der Waals surface area contributed by atoms with E-state index in [1.165, 1.54) is 0 Å². The lowest BCUT2D eigenvalue weighted by Gasteiger charge is -2.25. The molecule has 120 valence electrons. The fourth-order valence-electron chi connectivity index (χ4n) is 2.45. The second-order valence-electron chi connectivity index (χ2n) is 5.44. The third-order valence-electron chi connectivity index (χ3n) is 3.72. The molecule has 0 bridgehead atoms. The first-order valence-electron chi connectivity index (χ1n) is 7.24. The molecule has 1 aromatic rings. The van der Waals surface area contributed by atoms with Crippen molar-refractivity contribution in [2.75, 3.05) is 27.7 Å². The van der Waals surface area contributed by atoms with Crippen molar-refractivity contribution in [1.29, 1.82) is 0 Å². The van der Waals surface area contributed by atoms with Gasteiger partial charge >= 0.3 is 0 Å². The lowest BCUT2D eigenvalue weighted by molar-refractivity contribution is -0.132. The van der Waals surface area contributed by atoms with Gasteiger partial charge in [0.25, 0.3) is 0 Å². The Labute approximate surface area is 135 Å². The summed E-state index contributed by atoms with van der Waals surface area (Å²) in [5.41, 5.74) is 0.977. The Morgan fingerprint density at radius 1 is 1.36 bits per heavy atom. The van der Waals surface area contributed by atoms with Crippen LogP contribution in [0.15, 0.2) is 24.3 Å². The summed E-state index contributed by atoms with van der Waals surface area (Å²) >= 11 is 1.60. The molecule has 2 atom stereocenters. The van der Waals surface area contributed by atoms with Crippen LogP contribution in [0, 0.1) is 0 Å². The van der Waals surface area contributed by atoms with E-state index >= 15 is 0 Å². The Kier molecular flexibility index (Phi) is 5.34. The van der Waals surface area contributed by atoms with Gasteiger partial charge in [-0.3, -0.25) is 9.59 Å². The van der Waals surface area contributed by atoms with Crippen molar-refractivity contribution in [2.24, 2.45) is 0 Å². The smallest absolute Gasteiger partial charge is 0.236 e. The minimum Gasteiger partial charge on any atom is -0.496 e. The Bertz CT molecular complexity index is 562. The average Bonchev–Trinajstić information content (AvgIpc) is 2.80. The average molecular weight is 322 g/mol. The molecule has 5 nitrogen and oxygen atoms in total. The van der Waals surface area contributed by atoms with Crippen molar-refractivity contribution in [3.8, 4) is 5.75 Å². The van der Waals surface area contributed by atoms with Gasteiger partial charge in [-0.2, -0.15) is 0 Å². The van der Waals surface area contributed by atoms with E-state index in [1.807, 2.05) is 31.2 Å². The molecule has 0 saturated carbocycles. The molecular formula is C16H22N2O3S. The second kappa shape index (κ2) is 7.05. The molecule has 1 heterocycles. The zero-order chi connectivity index (χ0) is 16.3. The number of para-hydroxylation sites is 1. The van der Waals surface area contributed by atoms with E-state index < -0.39 is 0 Å². The van der Waals surface area contributed by atoms with Crippen LogP contribution in [0.2, 0.25) is 0 Å². The molecule has 1 saturated heterocycles. The number of ether oxygens (including phenoxy) is 1. The summed E-state index contributed by atoms with van der Waals surface area (Å²) in [4.78, 5) is 27.6. The topological polar surface area (TPSA) is 49.9 Å². The highest BCUT2D eigenvalue weighted by molar-refractivity contribution is 8.01. The highest BCUT2D eigenvalue weighted by atomic mass is 32.2. The van der Waals surface area contributed by atoms with Gasteiger partial charge in [0, 0.05) is 32.6 Å². The predicted octanol–water partition coefficient (Wildman–Crippen LogP) is 2.14. The fraction of sp³-hybridized carbons (Fsp3) is 0.500. The number of hydrogen-bond acceptors (Lipinski definition) is 4. The molecule has 1 aliphatic rings. The quantitative estimate of drug-likeness (QED) is 0.833. The van der Waals surface area contributed by atoms with Crippen LogP contribution < -0.4 is 4.74 Å². The number of hydrogen-bond donors (Lipinski definition) is 0. The Hall–Kier alpha value is -1.69. The van der Waals surface area contributed by atoms with E-state index in [-0.39, 0.29) is 22.4 Å². The number of benzene rings is 1. The largest absolute Gasteiger partial charge is 0.496 e. The maximum atomic E-state index is 12.4. The molecule has 2 amide bonds. The van der Waals surface area contributed by atoms with Crippen molar-refractivity contribution in [3.63, 3.8) is 0 Å². The van der Waals surface area contributed by atoms with E-state index in [0.717, 1.165) is 11.3 Å². The van der Waals surface area contributed by atoms with Gasteiger partial charge in [0.05, 0.1) is 12.4 Å². The third-order valence-corrected chi connectivity index (χ3v) is 5.09. The van der Waals surface area contributed by atoms with Crippen LogP contribution in [-0.4, -0.2) is 54.6 Å². The zero-order valence-corrected chi connectivity index (χ0v) is 14.2. The van der Waals surface area contributed by atoms with Gasteiger partial charge in [0.2, 0.25) is 11.8 Å². The molecule has 0 unspecified atom stereocenters. The van der Waals surface area contributed by atoms with Crippen molar-refractivity contribution >= 4 is 23.6 Å². The highest BCUT2D eigenvalue weighted by Crippen LogP contribution is 2.45. The maximum Gasteiger partial charge on any atom is 0.236 e. The summed E-state index contributed by atoms with van der Waals surface area (Å²) in [5, 5.41) is -0.210.